The summed E-state index contributed by atoms with van der Waals surface area (Å²) in [4.78, 5) is 13.3. The van der Waals surface area contributed by atoms with E-state index < -0.39 is 0 Å². The van der Waals surface area contributed by atoms with E-state index in [9.17, 15) is 0 Å². The van der Waals surface area contributed by atoms with Gasteiger partial charge in [-0.25, -0.2) is 9.97 Å². The average molecular weight is 235 g/mol. The second kappa shape index (κ2) is 4.98. The molecule has 17 heavy (non-hydrogen) atoms. The Kier molecular flexibility index (Phi) is 3.59. The highest BCUT2D eigenvalue weighted by molar-refractivity contribution is 5.33. The molecule has 1 fully saturated rings. The third-order valence-electron chi connectivity index (χ3n) is 3.45. The smallest absolute Gasteiger partial charge is 0.225 e. The van der Waals surface area contributed by atoms with Crippen molar-refractivity contribution in [3.63, 3.8) is 0 Å². The minimum atomic E-state index is 0.497. The van der Waals surface area contributed by atoms with Gasteiger partial charge in [-0.05, 0) is 20.0 Å². The van der Waals surface area contributed by atoms with Crippen LogP contribution in [0.25, 0.3) is 0 Å². The molecular formula is C12H21N5. The van der Waals surface area contributed by atoms with Gasteiger partial charge in [-0.3, -0.25) is 0 Å². The third kappa shape index (κ3) is 2.56. The standard InChI is InChI=1S/C12H21N5/c1-9-7-17(8-11(9)16(2)3)12-14-5-10(4-13)6-15-12/h5-6,9,11H,4,7-8,13H2,1-3H3. The Balaban J connectivity index is 2.08. The third-order valence-corrected chi connectivity index (χ3v) is 3.45. The van der Waals surface area contributed by atoms with E-state index in [-0.39, 0.29) is 0 Å². The predicted molar refractivity (Wildman–Crippen MR) is 68.8 cm³/mol. The topological polar surface area (TPSA) is 58.3 Å². The Morgan fingerprint density at radius 1 is 1.35 bits per heavy atom. The second-order valence-electron chi connectivity index (χ2n) is 5.01. The molecule has 0 spiro atoms. The quantitative estimate of drug-likeness (QED) is 0.817. The molecule has 2 unspecified atom stereocenters. The highest BCUT2D eigenvalue weighted by Crippen LogP contribution is 2.23. The Morgan fingerprint density at radius 2 is 2.00 bits per heavy atom. The molecule has 0 aromatic carbocycles. The van der Waals surface area contributed by atoms with Crippen LogP contribution in [0.15, 0.2) is 12.4 Å². The number of nitrogens with zero attached hydrogens (tertiary/aromatic N) is 4. The lowest BCUT2D eigenvalue weighted by Crippen LogP contribution is -2.34. The molecule has 94 valence electrons. The van der Waals surface area contributed by atoms with Crippen LogP contribution < -0.4 is 10.6 Å². The summed E-state index contributed by atoms with van der Waals surface area (Å²) in [6, 6.07) is 0.577. The molecule has 5 nitrogen and oxygen atoms in total. The molecule has 0 aliphatic carbocycles. The van der Waals surface area contributed by atoms with Gasteiger partial charge < -0.3 is 15.5 Å². The van der Waals surface area contributed by atoms with Crippen LogP contribution in [0.1, 0.15) is 12.5 Å². The van der Waals surface area contributed by atoms with E-state index in [0.29, 0.717) is 18.5 Å². The molecule has 5 heteroatoms. The van der Waals surface area contributed by atoms with E-state index in [1.54, 1.807) is 0 Å². The first kappa shape index (κ1) is 12.3. The molecule has 1 aromatic heterocycles. The summed E-state index contributed by atoms with van der Waals surface area (Å²) in [5.41, 5.74) is 6.51. The molecule has 1 aliphatic heterocycles. The van der Waals surface area contributed by atoms with E-state index in [4.69, 9.17) is 5.73 Å². The fourth-order valence-corrected chi connectivity index (χ4v) is 2.40. The van der Waals surface area contributed by atoms with Crippen LogP contribution in [-0.2, 0) is 6.54 Å². The van der Waals surface area contributed by atoms with Gasteiger partial charge in [-0.15, -0.1) is 0 Å². The summed E-state index contributed by atoms with van der Waals surface area (Å²) in [5, 5.41) is 0. The van der Waals surface area contributed by atoms with Gasteiger partial charge in [-0.1, -0.05) is 6.92 Å². The Hall–Kier alpha value is -1.20. The fourth-order valence-electron chi connectivity index (χ4n) is 2.40. The number of likely N-dealkylation sites (N-methyl/N-ethyl adjacent to an activating group) is 1. The first-order valence-electron chi connectivity index (χ1n) is 6.04. The first-order valence-corrected chi connectivity index (χ1v) is 6.04. The minimum absolute atomic E-state index is 0.497. The fraction of sp³-hybridized carbons (Fsp3) is 0.667. The highest BCUT2D eigenvalue weighted by atomic mass is 15.3. The normalized spacial score (nSPS) is 24.6. The van der Waals surface area contributed by atoms with Crippen molar-refractivity contribution in [2.45, 2.75) is 19.5 Å². The minimum Gasteiger partial charge on any atom is -0.339 e. The highest BCUT2D eigenvalue weighted by Gasteiger charge is 2.32. The molecule has 0 amide bonds. The van der Waals surface area contributed by atoms with Crippen LogP contribution >= 0.6 is 0 Å². The summed E-state index contributed by atoms with van der Waals surface area (Å²) < 4.78 is 0. The van der Waals surface area contributed by atoms with Crippen molar-refractivity contribution >= 4 is 5.95 Å². The van der Waals surface area contributed by atoms with Crippen LogP contribution in [-0.4, -0.2) is 48.1 Å². The zero-order valence-corrected chi connectivity index (χ0v) is 10.8. The molecule has 0 radical (unpaired) electrons. The summed E-state index contributed by atoms with van der Waals surface area (Å²) in [6.07, 6.45) is 3.63. The van der Waals surface area contributed by atoms with E-state index in [2.05, 4.69) is 40.8 Å². The van der Waals surface area contributed by atoms with E-state index in [1.807, 2.05) is 12.4 Å². The number of hydrogen-bond donors (Lipinski definition) is 1. The van der Waals surface area contributed by atoms with Crippen LogP contribution in [0.2, 0.25) is 0 Å². The lowest BCUT2D eigenvalue weighted by Gasteiger charge is -2.22. The van der Waals surface area contributed by atoms with E-state index in [1.165, 1.54) is 0 Å². The largest absolute Gasteiger partial charge is 0.339 e. The maximum atomic E-state index is 5.54. The molecule has 1 saturated heterocycles. The zero-order valence-electron chi connectivity index (χ0n) is 10.8. The van der Waals surface area contributed by atoms with Crippen molar-refractivity contribution < 1.29 is 0 Å². The molecule has 2 N–H and O–H groups in total. The van der Waals surface area contributed by atoms with Gasteiger partial charge in [-0.2, -0.15) is 0 Å². The number of anilines is 1. The van der Waals surface area contributed by atoms with Crippen LogP contribution in [0, 0.1) is 5.92 Å². The van der Waals surface area contributed by atoms with Gasteiger partial charge in [0.2, 0.25) is 5.95 Å². The van der Waals surface area contributed by atoms with Crippen LogP contribution in [0.5, 0.6) is 0 Å². The molecule has 2 heterocycles. The summed E-state index contributed by atoms with van der Waals surface area (Å²) >= 11 is 0. The number of rotatable bonds is 3. The molecule has 2 atom stereocenters. The number of aromatic nitrogens is 2. The lowest BCUT2D eigenvalue weighted by atomic mass is 10.1. The van der Waals surface area contributed by atoms with E-state index in [0.717, 1.165) is 24.6 Å². The Bertz CT molecular complexity index is 362. The van der Waals surface area contributed by atoms with Gasteiger partial charge in [0.25, 0.3) is 0 Å². The molecule has 0 bridgehead atoms. The van der Waals surface area contributed by atoms with Crippen molar-refractivity contribution in [1.82, 2.24) is 14.9 Å². The van der Waals surface area contributed by atoms with Gasteiger partial charge in [0.15, 0.2) is 0 Å². The van der Waals surface area contributed by atoms with Crippen molar-refractivity contribution in [2.24, 2.45) is 11.7 Å². The van der Waals surface area contributed by atoms with Crippen molar-refractivity contribution in [1.29, 1.82) is 0 Å². The van der Waals surface area contributed by atoms with Gasteiger partial charge in [0.05, 0.1) is 0 Å². The SMILES string of the molecule is CC1CN(c2ncc(CN)cn2)CC1N(C)C. The second-order valence-corrected chi connectivity index (χ2v) is 5.01. The van der Waals surface area contributed by atoms with Crippen molar-refractivity contribution in [3.8, 4) is 0 Å². The monoisotopic (exact) mass is 235 g/mol. The van der Waals surface area contributed by atoms with Gasteiger partial charge in [0.1, 0.15) is 0 Å². The predicted octanol–water partition coefficient (Wildman–Crippen LogP) is 0.322. The summed E-state index contributed by atoms with van der Waals surface area (Å²) in [5.74, 6) is 1.46. The average Bonchev–Trinajstić information content (AvgIpc) is 2.71. The van der Waals surface area contributed by atoms with Crippen molar-refractivity contribution in [2.75, 3.05) is 32.1 Å². The molecular weight excluding hydrogens is 214 g/mol. The maximum absolute atomic E-state index is 5.54. The number of nitrogens with two attached hydrogens (primary N) is 1. The molecule has 0 saturated carbocycles. The molecule has 1 aromatic rings. The zero-order chi connectivity index (χ0) is 12.4. The summed E-state index contributed by atoms with van der Waals surface area (Å²) in [7, 11) is 4.26. The Labute approximate surface area is 103 Å². The van der Waals surface area contributed by atoms with Crippen molar-refractivity contribution in [3.05, 3.63) is 18.0 Å². The number of hydrogen-bond acceptors (Lipinski definition) is 5. The maximum Gasteiger partial charge on any atom is 0.225 e. The summed E-state index contributed by atoms with van der Waals surface area (Å²) in [6.45, 7) is 4.79. The Morgan fingerprint density at radius 3 is 2.47 bits per heavy atom. The molecule has 1 aliphatic rings. The lowest BCUT2D eigenvalue weighted by molar-refractivity contribution is 0.266. The van der Waals surface area contributed by atoms with Gasteiger partial charge in [0, 0.05) is 43.6 Å². The molecule has 2 rings (SSSR count). The van der Waals surface area contributed by atoms with Crippen LogP contribution in [0.3, 0.4) is 0 Å². The first-order chi connectivity index (χ1) is 8.11. The van der Waals surface area contributed by atoms with Gasteiger partial charge >= 0.3 is 0 Å². The van der Waals surface area contributed by atoms with E-state index >= 15 is 0 Å². The van der Waals surface area contributed by atoms with Crippen LogP contribution in [0.4, 0.5) is 5.95 Å².